The second-order valence-electron chi connectivity index (χ2n) is 3.64. The van der Waals surface area contributed by atoms with Gasteiger partial charge in [0.1, 0.15) is 4.47 Å². The third-order valence-corrected chi connectivity index (χ3v) is 3.35. The van der Waals surface area contributed by atoms with Gasteiger partial charge < -0.3 is 10.2 Å². The van der Waals surface area contributed by atoms with E-state index in [-0.39, 0.29) is 5.56 Å². The molecule has 0 saturated carbocycles. The van der Waals surface area contributed by atoms with Crippen LogP contribution in [0.5, 0.6) is 0 Å². The van der Waals surface area contributed by atoms with Crippen LogP contribution in [-0.2, 0) is 0 Å². The minimum absolute atomic E-state index is 0.182. The number of aromatic amines is 1. The molecule has 2 N–H and O–H groups in total. The molecule has 1 saturated heterocycles. The first-order valence-corrected chi connectivity index (χ1v) is 5.70. The average molecular weight is 273 g/mol. The summed E-state index contributed by atoms with van der Waals surface area (Å²) < 4.78 is 0.561. The molecular formula is C9H13BrN4O. The number of anilines is 1. The summed E-state index contributed by atoms with van der Waals surface area (Å²) in [5.74, 6) is 0. The molecule has 0 aliphatic carbocycles. The number of aromatic nitrogens is 2. The van der Waals surface area contributed by atoms with Crippen molar-refractivity contribution >= 4 is 21.6 Å². The fourth-order valence-corrected chi connectivity index (χ4v) is 2.19. The maximum Gasteiger partial charge on any atom is 0.280 e. The SMILES string of the molecule is C[C@@H]1CNCCN1c1cn[nH]c(=O)c1Br. The molecule has 2 rings (SSSR count). The molecule has 2 heterocycles. The maximum absolute atomic E-state index is 11.4. The van der Waals surface area contributed by atoms with Crippen LogP contribution in [-0.4, -0.2) is 35.9 Å². The van der Waals surface area contributed by atoms with Gasteiger partial charge >= 0.3 is 0 Å². The molecule has 1 aliphatic heterocycles. The minimum Gasteiger partial charge on any atom is -0.364 e. The van der Waals surface area contributed by atoms with E-state index in [2.05, 4.69) is 43.3 Å². The molecule has 0 aromatic carbocycles. The van der Waals surface area contributed by atoms with Crippen molar-refractivity contribution in [2.24, 2.45) is 0 Å². The molecule has 5 nitrogen and oxygen atoms in total. The third kappa shape index (κ3) is 2.05. The van der Waals surface area contributed by atoms with Crippen LogP contribution in [0, 0.1) is 0 Å². The monoisotopic (exact) mass is 272 g/mol. The largest absolute Gasteiger partial charge is 0.364 e. The predicted molar refractivity (Wildman–Crippen MR) is 62.2 cm³/mol. The van der Waals surface area contributed by atoms with Crippen molar-refractivity contribution < 1.29 is 0 Å². The third-order valence-electron chi connectivity index (χ3n) is 2.59. The van der Waals surface area contributed by atoms with Gasteiger partial charge in [0.05, 0.1) is 11.9 Å². The second-order valence-corrected chi connectivity index (χ2v) is 4.44. The quantitative estimate of drug-likeness (QED) is 0.774. The fraction of sp³-hybridized carbons (Fsp3) is 0.556. The van der Waals surface area contributed by atoms with Crippen molar-refractivity contribution in [2.75, 3.05) is 24.5 Å². The van der Waals surface area contributed by atoms with Gasteiger partial charge in [0.15, 0.2) is 0 Å². The lowest BCUT2D eigenvalue weighted by Gasteiger charge is -2.35. The van der Waals surface area contributed by atoms with Gasteiger partial charge in [-0.25, -0.2) is 5.10 Å². The number of nitrogens with one attached hydrogen (secondary N) is 2. The highest BCUT2D eigenvalue weighted by molar-refractivity contribution is 9.10. The highest BCUT2D eigenvalue weighted by Crippen LogP contribution is 2.23. The van der Waals surface area contributed by atoms with E-state index in [1.165, 1.54) is 0 Å². The van der Waals surface area contributed by atoms with E-state index in [4.69, 9.17) is 0 Å². The molecule has 1 aliphatic rings. The van der Waals surface area contributed by atoms with Crippen LogP contribution in [0.1, 0.15) is 6.92 Å². The zero-order valence-corrected chi connectivity index (χ0v) is 10.0. The Morgan fingerprint density at radius 2 is 2.47 bits per heavy atom. The first kappa shape index (κ1) is 10.6. The molecule has 15 heavy (non-hydrogen) atoms. The van der Waals surface area contributed by atoms with Gasteiger partial charge in [-0.3, -0.25) is 4.79 Å². The minimum atomic E-state index is -0.182. The smallest absolute Gasteiger partial charge is 0.280 e. The molecule has 0 radical (unpaired) electrons. The Hall–Kier alpha value is -0.880. The number of rotatable bonds is 1. The second kappa shape index (κ2) is 4.32. The lowest BCUT2D eigenvalue weighted by Crippen LogP contribution is -2.50. The highest BCUT2D eigenvalue weighted by atomic mass is 79.9. The van der Waals surface area contributed by atoms with E-state index in [0.29, 0.717) is 10.5 Å². The first-order chi connectivity index (χ1) is 7.20. The van der Waals surface area contributed by atoms with Crippen LogP contribution in [0.2, 0.25) is 0 Å². The van der Waals surface area contributed by atoms with Crippen LogP contribution in [0.15, 0.2) is 15.5 Å². The molecule has 1 atom stereocenters. The first-order valence-electron chi connectivity index (χ1n) is 4.90. The normalized spacial score (nSPS) is 21.7. The summed E-state index contributed by atoms with van der Waals surface area (Å²) in [6, 6.07) is 0.374. The molecule has 1 aromatic rings. The van der Waals surface area contributed by atoms with Gasteiger partial charge in [0, 0.05) is 25.7 Å². The zero-order valence-electron chi connectivity index (χ0n) is 8.46. The fourth-order valence-electron chi connectivity index (χ4n) is 1.77. The summed E-state index contributed by atoms with van der Waals surface area (Å²) in [6.45, 7) is 4.88. The summed E-state index contributed by atoms with van der Waals surface area (Å²) in [5.41, 5.74) is 0.686. The van der Waals surface area contributed by atoms with Gasteiger partial charge in [-0.15, -0.1) is 0 Å². The standard InChI is InChI=1S/C9H13BrN4O/c1-6-4-11-2-3-14(6)7-5-12-13-9(15)8(7)10/h5-6,11H,2-4H2,1H3,(H,13,15)/t6-/m1/s1. The lowest BCUT2D eigenvalue weighted by molar-refractivity contribution is 0.499. The Morgan fingerprint density at radius 3 is 3.20 bits per heavy atom. The number of hydrogen-bond donors (Lipinski definition) is 2. The molecule has 6 heteroatoms. The summed E-state index contributed by atoms with van der Waals surface area (Å²) in [6.07, 6.45) is 1.69. The van der Waals surface area contributed by atoms with E-state index in [1.807, 2.05) is 0 Å². The number of hydrogen-bond acceptors (Lipinski definition) is 4. The van der Waals surface area contributed by atoms with Crippen molar-refractivity contribution in [1.29, 1.82) is 0 Å². The zero-order chi connectivity index (χ0) is 10.8. The molecule has 0 bridgehead atoms. The number of H-pyrrole nitrogens is 1. The van der Waals surface area contributed by atoms with Crippen LogP contribution in [0.25, 0.3) is 0 Å². The maximum atomic E-state index is 11.4. The van der Waals surface area contributed by atoms with Gasteiger partial charge in [-0.05, 0) is 22.9 Å². The predicted octanol–water partition coefficient (Wildman–Crippen LogP) is 0.330. The number of piperazine rings is 1. The highest BCUT2D eigenvalue weighted by Gasteiger charge is 2.21. The van der Waals surface area contributed by atoms with Crippen molar-refractivity contribution in [1.82, 2.24) is 15.5 Å². The Balaban J connectivity index is 2.35. The molecular weight excluding hydrogens is 260 g/mol. The molecule has 1 aromatic heterocycles. The van der Waals surface area contributed by atoms with E-state index in [0.717, 1.165) is 25.3 Å². The van der Waals surface area contributed by atoms with Crippen LogP contribution in [0.4, 0.5) is 5.69 Å². The molecule has 0 amide bonds. The Bertz CT molecular complexity index is 405. The van der Waals surface area contributed by atoms with Gasteiger partial charge in [-0.2, -0.15) is 5.10 Å². The van der Waals surface area contributed by atoms with Crippen molar-refractivity contribution in [3.63, 3.8) is 0 Å². The van der Waals surface area contributed by atoms with Crippen molar-refractivity contribution in [3.8, 4) is 0 Å². The van der Waals surface area contributed by atoms with Gasteiger partial charge in [0.25, 0.3) is 5.56 Å². The van der Waals surface area contributed by atoms with E-state index >= 15 is 0 Å². The Labute approximate surface area is 96.0 Å². The number of nitrogens with zero attached hydrogens (tertiary/aromatic N) is 2. The van der Waals surface area contributed by atoms with Crippen LogP contribution < -0.4 is 15.8 Å². The summed E-state index contributed by atoms with van der Waals surface area (Å²) in [4.78, 5) is 13.6. The molecule has 1 fully saturated rings. The van der Waals surface area contributed by atoms with E-state index in [9.17, 15) is 4.79 Å². The molecule has 0 spiro atoms. The molecule has 82 valence electrons. The van der Waals surface area contributed by atoms with Crippen molar-refractivity contribution in [3.05, 3.63) is 21.0 Å². The lowest BCUT2D eigenvalue weighted by atomic mass is 10.2. The van der Waals surface area contributed by atoms with Crippen LogP contribution in [0.3, 0.4) is 0 Å². The topological polar surface area (TPSA) is 61.0 Å². The van der Waals surface area contributed by atoms with Gasteiger partial charge in [0.2, 0.25) is 0 Å². The average Bonchev–Trinajstić information content (AvgIpc) is 2.23. The van der Waals surface area contributed by atoms with Gasteiger partial charge in [-0.1, -0.05) is 0 Å². The Kier molecular flexibility index (Phi) is 3.06. The molecule has 0 unspecified atom stereocenters. The van der Waals surface area contributed by atoms with Crippen molar-refractivity contribution in [2.45, 2.75) is 13.0 Å². The summed E-state index contributed by atoms with van der Waals surface area (Å²) in [7, 11) is 0. The van der Waals surface area contributed by atoms with E-state index < -0.39 is 0 Å². The summed E-state index contributed by atoms with van der Waals surface area (Å²) in [5, 5.41) is 9.53. The Morgan fingerprint density at radius 1 is 1.67 bits per heavy atom. The number of halogens is 1. The summed E-state index contributed by atoms with van der Waals surface area (Å²) >= 11 is 3.30. The van der Waals surface area contributed by atoms with Crippen LogP contribution >= 0.6 is 15.9 Å². The van der Waals surface area contributed by atoms with E-state index in [1.54, 1.807) is 6.20 Å².